The summed E-state index contributed by atoms with van der Waals surface area (Å²) in [6.07, 6.45) is 4.01. The number of para-hydroxylation sites is 1. The monoisotopic (exact) mass is 442 g/mol. The van der Waals surface area contributed by atoms with Gasteiger partial charge in [-0.3, -0.25) is 9.98 Å². The van der Waals surface area contributed by atoms with E-state index in [1.807, 2.05) is 18.3 Å². The molecule has 1 aliphatic heterocycles. The topological polar surface area (TPSA) is 104 Å². The third-order valence-corrected chi connectivity index (χ3v) is 7.17. The van der Waals surface area contributed by atoms with Crippen molar-refractivity contribution in [1.29, 1.82) is 0 Å². The van der Waals surface area contributed by atoms with Gasteiger partial charge in [0.15, 0.2) is 5.96 Å². The number of nitrogens with zero attached hydrogens (tertiary/aromatic N) is 5. The van der Waals surface area contributed by atoms with Crippen molar-refractivity contribution in [3.8, 4) is 0 Å². The van der Waals surface area contributed by atoms with Crippen LogP contribution in [0.15, 0.2) is 58.4 Å². The SMILES string of the molecule is CN=C(NCCc1cccc2cccnc12)N1CCN(S(=O)(=O)Cc2ccon2)CC1. The maximum Gasteiger partial charge on any atom is 0.220 e. The van der Waals surface area contributed by atoms with Crippen LogP contribution in [-0.4, -0.2) is 73.5 Å². The Labute approximate surface area is 181 Å². The number of nitrogens with one attached hydrogen (secondary N) is 1. The van der Waals surface area contributed by atoms with Crippen LogP contribution in [0.25, 0.3) is 10.9 Å². The minimum atomic E-state index is -3.42. The number of guanidine groups is 1. The van der Waals surface area contributed by atoms with Gasteiger partial charge in [0.1, 0.15) is 12.0 Å². The van der Waals surface area contributed by atoms with Gasteiger partial charge in [0.2, 0.25) is 10.0 Å². The van der Waals surface area contributed by atoms with Crippen molar-refractivity contribution in [2.75, 3.05) is 39.8 Å². The number of aromatic nitrogens is 2. The molecule has 4 rings (SSSR count). The molecule has 0 spiro atoms. The minimum Gasteiger partial charge on any atom is -0.364 e. The molecule has 1 aromatic carbocycles. The molecule has 3 heterocycles. The van der Waals surface area contributed by atoms with Crippen molar-refractivity contribution in [2.24, 2.45) is 4.99 Å². The van der Waals surface area contributed by atoms with E-state index in [0.29, 0.717) is 38.4 Å². The Morgan fingerprint density at radius 2 is 1.97 bits per heavy atom. The second-order valence-corrected chi connectivity index (χ2v) is 9.32. The van der Waals surface area contributed by atoms with Gasteiger partial charge in [-0.15, -0.1) is 0 Å². The molecule has 0 saturated carbocycles. The smallest absolute Gasteiger partial charge is 0.220 e. The predicted octanol–water partition coefficient (Wildman–Crippen LogP) is 1.49. The summed E-state index contributed by atoms with van der Waals surface area (Å²) in [7, 11) is -1.67. The van der Waals surface area contributed by atoms with Crippen LogP contribution in [0.4, 0.5) is 0 Å². The van der Waals surface area contributed by atoms with Gasteiger partial charge < -0.3 is 14.7 Å². The largest absolute Gasteiger partial charge is 0.364 e. The molecular weight excluding hydrogens is 416 g/mol. The van der Waals surface area contributed by atoms with Crippen LogP contribution in [0.1, 0.15) is 11.3 Å². The third-order valence-electron chi connectivity index (χ3n) is 5.36. The molecule has 31 heavy (non-hydrogen) atoms. The molecule has 1 N–H and O–H groups in total. The maximum atomic E-state index is 12.6. The lowest BCUT2D eigenvalue weighted by molar-refractivity contribution is 0.260. The summed E-state index contributed by atoms with van der Waals surface area (Å²) in [5, 5.41) is 8.24. The van der Waals surface area contributed by atoms with Gasteiger partial charge in [-0.05, 0) is 18.1 Å². The fourth-order valence-electron chi connectivity index (χ4n) is 3.78. The second-order valence-electron chi connectivity index (χ2n) is 7.35. The Kier molecular flexibility index (Phi) is 6.47. The number of aliphatic imine (C=N–C) groups is 1. The summed E-state index contributed by atoms with van der Waals surface area (Å²) >= 11 is 0. The average Bonchev–Trinajstić information content (AvgIpc) is 3.29. The molecule has 164 valence electrons. The fourth-order valence-corrected chi connectivity index (χ4v) is 5.20. The Balaban J connectivity index is 1.30. The highest BCUT2D eigenvalue weighted by Crippen LogP contribution is 2.16. The van der Waals surface area contributed by atoms with Gasteiger partial charge in [-0.25, -0.2) is 8.42 Å². The van der Waals surface area contributed by atoms with E-state index in [1.54, 1.807) is 13.1 Å². The van der Waals surface area contributed by atoms with Gasteiger partial charge in [0.05, 0.1) is 11.2 Å². The maximum absolute atomic E-state index is 12.6. The summed E-state index contributed by atoms with van der Waals surface area (Å²) < 4.78 is 31.5. The molecular formula is C21H26N6O3S. The molecule has 1 aliphatic rings. The first-order valence-corrected chi connectivity index (χ1v) is 11.8. The number of piperazine rings is 1. The van der Waals surface area contributed by atoms with E-state index >= 15 is 0 Å². The number of hydrogen-bond acceptors (Lipinski definition) is 6. The number of rotatable bonds is 6. The molecule has 1 saturated heterocycles. The predicted molar refractivity (Wildman–Crippen MR) is 119 cm³/mol. The first-order valence-electron chi connectivity index (χ1n) is 10.2. The van der Waals surface area contributed by atoms with E-state index in [1.165, 1.54) is 16.1 Å². The molecule has 0 atom stereocenters. The lowest BCUT2D eigenvalue weighted by Crippen LogP contribution is -2.54. The normalized spacial score (nSPS) is 16.0. The van der Waals surface area contributed by atoms with Crippen molar-refractivity contribution < 1.29 is 12.9 Å². The second kappa shape index (κ2) is 9.44. The Morgan fingerprint density at radius 1 is 1.16 bits per heavy atom. The van der Waals surface area contributed by atoms with E-state index in [2.05, 4.69) is 43.5 Å². The number of benzene rings is 1. The number of fused-ring (bicyclic) bond motifs is 1. The van der Waals surface area contributed by atoms with Gasteiger partial charge >= 0.3 is 0 Å². The van der Waals surface area contributed by atoms with Crippen LogP contribution >= 0.6 is 0 Å². The van der Waals surface area contributed by atoms with Crippen molar-refractivity contribution >= 4 is 26.9 Å². The van der Waals surface area contributed by atoms with Gasteiger partial charge in [0.25, 0.3) is 0 Å². The van der Waals surface area contributed by atoms with Crippen LogP contribution in [-0.2, 0) is 22.2 Å². The van der Waals surface area contributed by atoms with Crippen LogP contribution in [0.2, 0.25) is 0 Å². The third kappa shape index (κ3) is 5.02. The van der Waals surface area contributed by atoms with Crippen molar-refractivity contribution in [3.63, 3.8) is 0 Å². The zero-order valence-corrected chi connectivity index (χ0v) is 18.3. The molecule has 9 nitrogen and oxygen atoms in total. The molecule has 3 aromatic rings. The van der Waals surface area contributed by atoms with E-state index in [9.17, 15) is 8.42 Å². The summed E-state index contributed by atoms with van der Waals surface area (Å²) in [5.74, 6) is 0.636. The summed E-state index contributed by atoms with van der Waals surface area (Å²) in [6.45, 7) is 2.69. The Morgan fingerprint density at radius 3 is 2.71 bits per heavy atom. The number of sulfonamides is 1. The molecule has 10 heteroatoms. The van der Waals surface area contributed by atoms with Crippen molar-refractivity contribution in [2.45, 2.75) is 12.2 Å². The van der Waals surface area contributed by atoms with E-state index in [-0.39, 0.29) is 5.75 Å². The molecule has 0 amide bonds. The van der Waals surface area contributed by atoms with Crippen LogP contribution in [0.5, 0.6) is 0 Å². The quantitative estimate of drug-likeness (QED) is 0.456. The summed E-state index contributed by atoms with van der Waals surface area (Å²) in [4.78, 5) is 11.0. The lowest BCUT2D eigenvalue weighted by atomic mass is 10.1. The first kappa shape index (κ1) is 21.3. The van der Waals surface area contributed by atoms with E-state index in [0.717, 1.165) is 23.3 Å². The zero-order chi connectivity index (χ0) is 21.7. The number of hydrogen-bond donors (Lipinski definition) is 1. The standard InChI is InChI=1S/C21H26N6O3S/c1-22-21(24-10-7-18-5-2-4-17-6-3-9-23-20(17)18)26-11-13-27(14-12-26)31(28,29)16-19-8-15-30-25-19/h2-6,8-9,15H,7,10-14,16H2,1H3,(H,22,24). The Bertz CT molecular complexity index is 1130. The highest BCUT2D eigenvalue weighted by Gasteiger charge is 2.28. The average molecular weight is 443 g/mol. The van der Waals surface area contributed by atoms with E-state index in [4.69, 9.17) is 4.52 Å². The van der Waals surface area contributed by atoms with Crippen molar-refractivity contribution in [1.82, 2.24) is 24.7 Å². The van der Waals surface area contributed by atoms with Crippen LogP contribution < -0.4 is 5.32 Å². The van der Waals surface area contributed by atoms with Crippen LogP contribution in [0, 0.1) is 0 Å². The molecule has 0 radical (unpaired) electrons. The zero-order valence-electron chi connectivity index (χ0n) is 17.4. The molecule has 1 fully saturated rings. The van der Waals surface area contributed by atoms with Crippen molar-refractivity contribution in [3.05, 3.63) is 60.1 Å². The highest BCUT2D eigenvalue weighted by molar-refractivity contribution is 7.88. The van der Waals surface area contributed by atoms with Crippen LogP contribution in [0.3, 0.4) is 0 Å². The van der Waals surface area contributed by atoms with E-state index < -0.39 is 10.0 Å². The van der Waals surface area contributed by atoms with Gasteiger partial charge in [0, 0.05) is 57.4 Å². The highest BCUT2D eigenvalue weighted by atomic mass is 32.2. The molecule has 0 aliphatic carbocycles. The molecule has 2 aromatic heterocycles. The summed E-state index contributed by atoms with van der Waals surface area (Å²) in [5.41, 5.74) is 2.63. The van der Waals surface area contributed by atoms with Gasteiger partial charge in [-0.1, -0.05) is 29.4 Å². The molecule has 0 unspecified atom stereocenters. The first-order chi connectivity index (χ1) is 15.1. The minimum absolute atomic E-state index is 0.143. The Hall–Kier alpha value is -2.98. The molecule has 0 bridgehead atoms. The summed E-state index contributed by atoms with van der Waals surface area (Å²) in [6, 6.07) is 11.8. The van der Waals surface area contributed by atoms with Gasteiger partial charge in [-0.2, -0.15) is 4.31 Å². The lowest BCUT2D eigenvalue weighted by Gasteiger charge is -2.35. The fraction of sp³-hybridized carbons (Fsp3) is 0.381. The number of pyridine rings is 1.